The predicted octanol–water partition coefficient (Wildman–Crippen LogP) is 2.80. The van der Waals surface area contributed by atoms with Crippen LogP contribution in [0.15, 0.2) is 21.6 Å². The van der Waals surface area contributed by atoms with Crippen molar-refractivity contribution in [3.63, 3.8) is 0 Å². The zero-order chi connectivity index (χ0) is 11.0. The van der Waals surface area contributed by atoms with E-state index in [-0.39, 0.29) is 0 Å². The van der Waals surface area contributed by atoms with E-state index in [9.17, 15) is 0 Å². The summed E-state index contributed by atoms with van der Waals surface area (Å²) in [4.78, 5) is 4.53. The maximum Gasteiger partial charge on any atom is 0.129 e. The third-order valence-corrected chi connectivity index (χ3v) is 3.10. The van der Waals surface area contributed by atoms with Crippen molar-refractivity contribution in [2.75, 3.05) is 6.54 Å². The van der Waals surface area contributed by atoms with Gasteiger partial charge in [0.1, 0.15) is 5.84 Å². The summed E-state index contributed by atoms with van der Waals surface area (Å²) in [6, 6.07) is 4.73. The predicted molar refractivity (Wildman–Crippen MR) is 67.6 cm³/mol. The quantitative estimate of drug-likeness (QED) is 0.831. The third-order valence-electron chi connectivity index (χ3n) is 2.64. The summed E-state index contributed by atoms with van der Waals surface area (Å²) < 4.78 is 1.13. The Kier molecular flexibility index (Phi) is 2.83. The van der Waals surface area contributed by atoms with E-state index in [1.54, 1.807) is 0 Å². The number of rotatable bonds is 1. The van der Waals surface area contributed by atoms with Crippen LogP contribution in [-0.2, 0) is 0 Å². The van der Waals surface area contributed by atoms with Crippen LogP contribution in [0.3, 0.4) is 0 Å². The van der Waals surface area contributed by atoms with Gasteiger partial charge in [-0.3, -0.25) is 4.99 Å². The van der Waals surface area contributed by atoms with E-state index in [0.717, 1.165) is 16.9 Å². The van der Waals surface area contributed by atoms with Crippen molar-refractivity contribution in [2.45, 2.75) is 26.8 Å². The van der Waals surface area contributed by atoms with Gasteiger partial charge in [0.25, 0.3) is 0 Å². The summed E-state index contributed by atoms with van der Waals surface area (Å²) in [6.45, 7) is 7.28. The second-order valence-electron chi connectivity index (χ2n) is 4.15. The first-order valence-electron chi connectivity index (χ1n) is 5.16. The Hall–Kier alpha value is -0.830. The Balaban J connectivity index is 2.45. The average Bonchev–Trinajstić information content (AvgIpc) is 2.49. The Morgan fingerprint density at radius 1 is 1.33 bits per heavy atom. The van der Waals surface area contributed by atoms with Crippen LogP contribution in [-0.4, -0.2) is 18.4 Å². The molecule has 0 aliphatic carbocycles. The summed E-state index contributed by atoms with van der Waals surface area (Å²) >= 11 is 3.51. The van der Waals surface area contributed by atoms with Gasteiger partial charge in [0.05, 0.1) is 6.54 Å². The van der Waals surface area contributed by atoms with Crippen molar-refractivity contribution in [1.29, 1.82) is 0 Å². The van der Waals surface area contributed by atoms with Crippen LogP contribution in [0.2, 0.25) is 0 Å². The van der Waals surface area contributed by atoms with Gasteiger partial charge in [-0.05, 0) is 44.0 Å². The molecule has 1 aromatic rings. The van der Waals surface area contributed by atoms with E-state index in [4.69, 9.17) is 0 Å². The molecule has 1 aromatic carbocycles. The number of nitrogens with zero attached hydrogens (tertiary/aromatic N) is 1. The number of nitrogens with one attached hydrogen (secondary N) is 1. The molecule has 80 valence electrons. The molecule has 0 fully saturated rings. The topological polar surface area (TPSA) is 24.4 Å². The first-order valence-corrected chi connectivity index (χ1v) is 5.95. The minimum atomic E-state index is 0.461. The fourth-order valence-corrected chi connectivity index (χ4v) is 2.68. The lowest BCUT2D eigenvalue weighted by molar-refractivity contribution is 0.726. The molecule has 0 radical (unpaired) electrons. The molecule has 0 saturated carbocycles. The first-order chi connectivity index (χ1) is 7.08. The number of aliphatic imine (C=N–C) groups is 1. The van der Waals surface area contributed by atoms with Gasteiger partial charge in [-0.15, -0.1) is 0 Å². The molecule has 0 amide bonds. The van der Waals surface area contributed by atoms with Gasteiger partial charge in [-0.2, -0.15) is 0 Å². The molecule has 2 rings (SSSR count). The lowest BCUT2D eigenvalue weighted by atomic mass is 10.0. The van der Waals surface area contributed by atoms with Gasteiger partial charge >= 0.3 is 0 Å². The molecular formula is C12H15BrN2. The molecule has 0 aromatic heterocycles. The van der Waals surface area contributed by atoms with Crippen LogP contribution in [0, 0.1) is 13.8 Å². The molecule has 15 heavy (non-hydrogen) atoms. The number of hydrogen-bond donors (Lipinski definition) is 1. The minimum Gasteiger partial charge on any atom is -0.366 e. The second-order valence-corrected chi connectivity index (χ2v) is 5.06. The number of halogens is 1. The van der Waals surface area contributed by atoms with Gasteiger partial charge in [-0.1, -0.05) is 15.9 Å². The monoisotopic (exact) mass is 266 g/mol. The zero-order valence-electron chi connectivity index (χ0n) is 9.26. The largest absolute Gasteiger partial charge is 0.366 e. The smallest absolute Gasteiger partial charge is 0.129 e. The summed E-state index contributed by atoms with van der Waals surface area (Å²) in [5.74, 6) is 1.05. The summed E-state index contributed by atoms with van der Waals surface area (Å²) in [5.41, 5.74) is 3.78. The molecule has 1 unspecified atom stereocenters. The van der Waals surface area contributed by atoms with Crippen LogP contribution in [0.25, 0.3) is 0 Å². The molecule has 1 atom stereocenters. The normalized spacial score (nSPS) is 20.0. The highest BCUT2D eigenvalue weighted by molar-refractivity contribution is 9.10. The standard InChI is InChI=1S/C12H15BrN2/c1-7-4-10(13)5-8(2)11(7)12-14-6-9(3)15-12/h4-5,9H,6H2,1-3H3,(H,14,15). The van der Waals surface area contributed by atoms with Crippen molar-refractivity contribution < 1.29 is 0 Å². The lowest BCUT2D eigenvalue weighted by Gasteiger charge is -2.12. The van der Waals surface area contributed by atoms with Crippen molar-refractivity contribution in [1.82, 2.24) is 5.32 Å². The van der Waals surface area contributed by atoms with Crippen molar-refractivity contribution in [3.8, 4) is 0 Å². The van der Waals surface area contributed by atoms with E-state index in [2.05, 4.69) is 59.1 Å². The Labute approximate surface area is 98.9 Å². The van der Waals surface area contributed by atoms with Crippen molar-refractivity contribution in [3.05, 3.63) is 33.3 Å². The van der Waals surface area contributed by atoms with E-state index in [0.29, 0.717) is 6.04 Å². The van der Waals surface area contributed by atoms with E-state index >= 15 is 0 Å². The molecule has 1 N–H and O–H groups in total. The first kappa shape index (κ1) is 10.7. The molecule has 1 heterocycles. The molecule has 3 heteroatoms. The average molecular weight is 267 g/mol. The van der Waals surface area contributed by atoms with Gasteiger partial charge in [0, 0.05) is 16.1 Å². The molecule has 1 aliphatic rings. The molecule has 0 saturated heterocycles. The third kappa shape index (κ3) is 2.07. The highest BCUT2D eigenvalue weighted by atomic mass is 79.9. The maximum atomic E-state index is 4.53. The van der Waals surface area contributed by atoms with Gasteiger partial charge < -0.3 is 5.32 Å². The number of aryl methyl sites for hydroxylation is 2. The van der Waals surface area contributed by atoms with Crippen LogP contribution in [0.5, 0.6) is 0 Å². The summed E-state index contributed by atoms with van der Waals surface area (Å²) in [6.07, 6.45) is 0. The zero-order valence-corrected chi connectivity index (χ0v) is 10.9. The highest BCUT2D eigenvalue weighted by Gasteiger charge is 2.17. The molecule has 0 bridgehead atoms. The number of benzene rings is 1. The van der Waals surface area contributed by atoms with Crippen LogP contribution in [0.1, 0.15) is 23.6 Å². The van der Waals surface area contributed by atoms with Crippen molar-refractivity contribution in [2.24, 2.45) is 4.99 Å². The maximum absolute atomic E-state index is 4.53. The number of amidine groups is 1. The van der Waals surface area contributed by atoms with Gasteiger partial charge in [0.2, 0.25) is 0 Å². The minimum absolute atomic E-state index is 0.461. The van der Waals surface area contributed by atoms with Crippen LogP contribution < -0.4 is 5.32 Å². The van der Waals surface area contributed by atoms with Gasteiger partial charge in [0.15, 0.2) is 0 Å². The van der Waals surface area contributed by atoms with Gasteiger partial charge in [-0.25, -0.2) is 0 Å². The molecule has 2 nitrogen and oxygen atoms in total. The Morgan fingerprint density at radius 3 is 2.40 bits per heavy atom. The van der Waals surface area contributed by atoms with E-state index in [1.165, 1.54) is 16.7 Å². The fourth-order valence-electron chi connectivity index (χ4n) is 1.99. The van der Waals surface area contributed by atoms with Crippen LogP contribution in [0.4, 0.5) is 0 Å². The van der Waals surface area contributed by atoms with E-state index in [1.807, 2.05) is 0 Å². The molecular weight excluding hydrogens is 252 g/mol. The number of hydrogen-bond acceptors (Lipinski definition) is 2. The van der Waals surface area contributed by atoms with Crippen molar-refractivity contribution >= 4 is 21.8 Å². The molecule has 1 aliphatic heterocycles. The lowest BCUT2D eigenvalue weighted by Crippen LogP contribution is -2.28. The SMILES string of the molecule is Cc1cc(Br)cc(C)c1C1=NCC(C)N1. The highest BCUT2D eigenvalue weighted by Crippen LogP contribution is 2.21. The Morgan fingerprint density at radius 2 is 1.93 bits per heavy atom. The summed E-state index contributed by atoms with van der Waals surface area (Å²) in [5, 5.41) is 3.41. The fraction of sp³-hybridized carbons (Fsp3) is 0.417. The Bertz CT molecular complexity index is 401. The molecule has 0 spiro atoms. The van der Waals surface area contributed by atoms with E-state index < -0.39 is 0 Å². The van der Waals surface area contributed by atoms with Crippen LogP contribution >= 0.6 is 15.9 Å². The summed E-state index contributed by atoms with van der Waals surface area (Å²) in [7, 11) is 0. The second kappa shape index (κ2) is 3.97.